The second-order valence-corrected chi connectivity index (χ2v) is 8.54. The number of carbonyl (C=O) groups is 1. The van der Waals surface area contributed by atoms with E-state index in [1.54, 1.807) is 0 Å². The summed E-state index contributed by atoms with van der Waals surface area (Å²) in [5.74, 6) is -1.15. The summed E-state index contributed by atoms with van der Waals surface area (Å²) < 4.78 is 28.2. The summed E-state index contributed by atoms with van der Waals surface area (Å²) in [6.07, 6.45) is 2.75. The number of carboxylic acid groups (broad SMARTS) is 1. The molecule has 7 heteroatoms. The van der Waals surface area contributed by atoms with Gasteiger partial charge in [0.05, 0.1) is 10.5 Å². The minimum Gasteiger partial charge on any atom is -0.478 e. The smallest absolute Gasteiger partial charge is 0.335 e. The van der Waals surface area contributed by atoms with Gasteiger partial charge in [0, 0.05) is 10.5 Å². The molecule has 0 aromatic heterocycles. The Balaban J connectivity index is 2.36. The Morgan fingerprint density at radius 2 is 2.10 bits per heavy atom. The van der Waals surface area contributed by atoms with Gasteiger partial charge in [0.15, 0.2) is 0 Å². The molecular weight excluding hydrogens is 358 g/mol. The molecule has 1 aliphatic carbocycles. The van der Waals surface area contributed by atoms with E-state index < -0.39 is 16.0 Å². The molecule has 0 amide bonds. The first kappa shape index (κ1) is 16.5. The first-order chi connectivity index (χ1) is 9.63. The van der Waals surface area contributed by atoms with Gasteiger partial charge in [-0.05, 0) is 52.4 Å². The SMILES string of the molecule is CC1(C)CCCC1NS(=O)(=O)c1cc(C(=O)O)ccc1Br. The second-order valence-electron chi connectivity index (χ2n) is 6.01. The van der Waals surface area contributed by atoms with Gasteiger partial charge in [-0.3, -0.25) is 0 Å². The number of halogens is 1. The number of hydrogen-bond donors (Lipinski definition) is 2. The fraction of sp³-hybridized carbons (Fsp3) is 0.500. The molecule has 0 spiro atoms. The number of carboxylic acids is 1. The number of sulfonamides is 1. The van der Waals surface area contributed by atoms with E-state index >= 15 is 0 Å². The van der Waals surface area contributed by atoms with E-state index in [0.29, 0.717) is 4.47 Å². The van der Waals surface area contributed by atoms with Crippen LogP contribution in [0.3, 0.4) is 0 Å². The number of benzene rings is 1. The van der Waals surface area contributed by atoms with Crippen molar-refractivity contribution in [1.82, 2.24) is 4.72 Å². The van der Waals surface area contributed by atoms with Crippen LogP contribution < -0.4 is 4.72 Å². The van der Waals surface area contributed by atoms with Gasteiger partial charge >= 0.3 is 5.97 Å². The average molecular weight is 376 g/mol. The Kier molecular flexibility index (Phi) is 4.46. The van der Waals surface area contributed by atoms with Gasteiger partial charge in [-0.1, -0.05) is 20.3 Å². The minimum absolute atomic E-state index is 0.0369. The van der Waals surface area contributed by atoms with Crippen molar-refractivity contribution in [3.05, 3.63) is 28.2 Å². The molecule has 2 N–H and O–H groups in total. The summed E-state index contributed by atoms with van der Waals surface area (Å²) in [6.45, 7) is 4.08. The van der Waals surface area contributed by atoms with E-state index in [2.05, 4.69) is 20.7 Å². The highest BCUT2D eigenvalue weighted by atomic mass is 79.9. The molecule has 21 heavy (non-hydrogen) atoms. The Morgan fingerprint density at radius 3 is 2.62 bits per heavy atom. The third-order valence-corrected chi connectivity index (χ3v) is 6.49. The maximum absolute atomic E-state index is 12.5. The second kappa shape index (κ2) is 5.70. The van der Waals surface area contributed by atoms with Crippen LogP contribution in [0.25, 0.3) is 0 Å². The minimum atomic E-state index is -3.76. The highest BCUT2D eigenvalue weighted by molar-refractivity contribution is 9.10. The summed E-state index contributed by atoms with van der Waals surface area (Å²) in [7, 11) is -3.76. The predicted octanol–water partition coefficient (Wildman–Crippen LogP) is 3.00. The molecule has 0 radical (unpaired) electrons. The third-order valence-electron chi connectivity index (χ3n) is 4.02. The molecule has 5 nitrogen and oxygen atoms in total. The molecule has 0 bridgehead atoms. The van der Waals surface area contributed by atoms with Crippen LogP contribution in [0.4, 0.5) is 0 Å². The number of hydrogen-bond acceptors (Lipinski definition) is 3. The fourth-order valence-corrected chi connectivity index (χ4v) is 5.07. The lowest BCUT2D eigenvalue weighted by atomic mass is 9.88. The van der Waals surface area contributed by atoms with Crippen molar-refractivity contribution >= 4 is 31.9 Å². The molecule has 1 saturated carbocycles. The van der Waals surface area contributed by atoms with Crippen molar-refractivity contribution < 1.29 is 18.3 Å². The topological polar surface area (TPSA) is 83.5 Å². The highest BCUT2D eigenvalue weighted by Crippen LogP contribution is 2.38. The summed E-state index contributed by atoms with van der Waals surface area (Å²) in [4.78, 5) is 11.0. The number of nitrogens with one attached hydrogen (secondary N) is 1. The normalized spacial score (nSPS) is 21.4. The monoisotopic (exact) mass is 375 g/mol. The van der Waals surface area contributed by atoms with E-state index in [4.69, 9.17) is 5.11 Å². The molecule has 1 aromatic rings. The average Bonchev–Trinajstić information content (AvgIpc) is 2.68. The molecular formula is C14H18BrNO4S. The highest BCUT2D eigenvalue weighted by Gasteiger charge is 2.37. The van der Waals surface area contributed by atoms with Gasteiger partial charge < -0.3 is 5.11 Å². The zero-order valence-electron chi connectivity index (χ0n) is 11.9. The summed E-state index contributed by atoms with van der Waals surface area (Å²) in [5, 5.41) is 9.00. The standard InChI is InChI=1S/C14H18BrNO4S/c1-14(2)7-3-4-12(14)16-21(19,20)11-8-9(13(17)18)5-6-10(11)15/h5-6,8,12,16H,3-4,7H2,1-2H3,(H,17,18). The largest absolute Gasteiger partial charge is 0.478 e. The van der Waals surface area contributed by atoms with E-state index in [-0.39, 0.29) is 21.9 Å². The maximum atomic E-state index is 12.5. The zero-order chi connectivity index (χ0) is 15.8. The van der Waals surface area contributed by atoms with Gasteiger partial charge in [-0.15, -0.1) is 0 Å². The van der Waals surface area contributed by atoms with E-state index in [1.807, 2.05) is 13.8 Å². The maximum Gasteiger partial charge on any atom is 0.335 e. The quantitative estimate of drug-likeness (QED) is 0.846. The predicted molar refractivity (Wildman–Crippen MR) is 82.8 cm³/mol. The number of aromatic carboxylic acids is 1. The fourth-order valence-electron chi connectivity index (χ4n) is 2.64. The van der Waals surface area contributed by atoms with Gasteiger partial charge in [-0.2, -0.15) is 0 Å². The van der Waals surface area contributed by atoms with E-state index in [9.17, 15) is 13.2 Å². The Hall–Kier alpha value is -0.920. The summed E-state index contributed by atoms with van der Waals surface area (Å²) >= 11 is 3.18. The van der Waals surface area contributed by atoms with Crippen molar-refractivity contribution in [3.8, 4) is 0 Å². The Morgan fingerprint density at radius 1 is 1.43 bits per heavy atom. The molecule has 1 unspecified atom stereocenters. The van der Waals surface area contributed by atoms with Crippen LogP contribution in [0.1, 0.15) is 43.5 Å². The van der Waals surface area contributed by atoms with Crippen molar-refractivity contribution in [2.75, 3.05) is 0 Å². The van der Waals surface area contributed by atoms with E-state index in [1.165, 1.54) is 18.2 Å². The van der Waals surface area contributed by atoms with Crippen LogP contribution in [0.2, 0.25) is 0 Å². The van der Waals surface area contributed by atoms with Gasteiger partial charge in [0.2, 0.25) is 10.0 Å². The van der Waals surface area contributed by atoms with Crippen molar-refractivity contribution in [1.29, 1.82) is 0 Å². The van der Waals surface area contributed by atoms with Crippen LogP contribution in [0.15, 0.2) is 27.6 Å². The lowest BCUT2D eigenvalue weighted by Crippen LogP contribution is -2.41. The Bertz CT molecular complexity index is 670. The van der Waals surface area contributed by atoms with Gasteiger partial charge in [-0.25, -0.2) is 17.9 Å². The lowest BCUT2D eigenvalue weighted by molar-refractivity contribution is 0.0696. The number of rotatable bonds is 4. The van der Waals surface area contributed by atoms with Crippen LogP contribution in [-0.2, 0) is 10.0 Å². The zero-order valence-corrected chi connectivity index (χ0v) is 14.3. The third kappa shape index (κ3) is 3.46. The lowest BCUT2D eigenvalue weighted by Gasteiger charge is -2.27. The molecule has 1 aliphatic rings. The molecule has 2 rings (SSSR count). The molecule has 0 heterocycles. The summed E-state index contributed by atoms with van der Waals surface area (Å²) in [5.41, 5.74) is -0.145. The van der Waals surface area contributed by atoms with E-state index in [0.717, 1.165) is 19.3 Å². The van der Waals surface area contributed by atoms with Crippen molar-refractivity contribution in [3.63, 3.8) is 0 Å². The first-order valence-electron chi connectivity index (χ1n) is 6.69. The molecule has 0 aliphatic heterocycles. The van der Waals surface area contributed by atoms with Crippen molar-refractivity contribution in [2.45, 2.75) is 44.0 Å². The molecule has 1 atom stereocenters. The van der Waals surface area contributed by atoms with Crippen LogP contribution >= 0.6 is 15.9 Å². The van der Waals surface area contributed by atoms with Crippen LogP contribution in [0, 0.1) is 5.41 Å². The molecule has 1 fully saturated rings. The van der Waals surface area contributed by atoms with Crippen LogP contribution in [-0.4, -0.2) is 25.5 Å². The summed E-state index contributed by atoms with van der Waals surface area (Å²) in [6, 6.07) is 3.85. The molecule has 0 saturated heterocycles. The van der Waals surface area contributed by atoms with Crippen LogP contribution in [0.5, 0.6) is 0 Å². The molecule has 116 valence electrons. The first-order valence-corrected chi connectivity index (χ1v) is 8.96. The van der Waals surface area contributed by atoms with Crippen molar-refractivity contribution in [2.24, 2.45) is 5.41 Å². The molecule has 1 aromatic carbocycles. The van der Waals surface area contributed by atoms with Gasteiger partial charge in [0.1, 0.15) is 0 Å². The Labute approximate surface area is 132 Å². The van der Waals surface area contributed by atoms with Gasteiger partial charge in [0.25, 0.3) is 0 Å².